The second-order valence-electron chi connectivity index (χ2n) is 8.42. The number of rotatable bonds is 11. The number of alkyl carbamates (subject to hydrolysis) is 1. The zero-order valence-electron chi connectivity index (χ0n) is 19.3. The molecule has 0 bridgehead atoms. The molecule has 1 saturated heterocycles. The van der Waals surface area contributed by atoms with Crippen LogP contribution in [0.4, 0.5) is 4.79 Å². The van der Waals surface area contributed by atoms with E-state index in [0.717, 1.165) is 16.7 Å². The van der Waals surface area contributed by atoms with Crippen LogP contribution in [0.3, 0.4) is 0 Å². The van der Waals surface area contributed by atoms with Crippen molar-refractivity contribution in [2.45, 2.75) is 37.6 Å². The third-order valence-corrected chi connectivity index (χ3v) is 5.70. The normalized spacial score (nSPS) is 15.9. The van der Waals surface area contributed by atoms with E-state index in [9.17, 15) is 14.4 Å². The van der Waals surface area contributed by atoms with Crippen LogP contribution >= 0.6 is 0 Å². The van der Waals surface area contributed by atoms with Crippen molar-refractivity contribution in [2.24, 2.45) is 0 Å². The van der Waals surface area contributed by atoms with Gasteiger partial charge >= 0.3 is 6.09 Å². The fraction of sp³-hybridized carbons (Fsp3) is 0.250. The van der Waals surface area contributed by atoms with E-state index in [1.807, 2.05) is 91.0 Å². The van der Waals surface area contributed by atoms with E-state index in [4.69, 9.17) is 9.47 Å². The molecule has 180 valence electrons. The van der Waals surface area contributed by atoms with Crippen LogP contribution in [-0.4, -0.2) is 42.6 Å². The number of hydrogen-bond donors (Lipinski definition) is 2. The second-order valence-corrected chi connectivity index (χ2v) is 8.42. The highest BCUT2D eigenvalue weighted by molar-refractivity contribution is 5.95. The van der Waals surface area contributed by atoms with Crippen molar-refractivity contribution in [3.63, 3.8) is 0 Å². The van der Waals surface area contributed by atoms with Gasteiger partial charge in [0.1, 0.15) is 18.8 Å². The Labute approximate surface area is 204 Å². The van der Waals surface area contributed by atoms with Crippen LogP contribution in [0, 0.1) is 0 Å². The van der Waals surface area contributed by atoms with Crippen molar-refractivity contribution < 1.29 is 23.9 Å². The summed E-state index contributed by atoms with van der Waals surface area (Å²) in [6, 6.07) is 26.4. The molecule has 0 saturated carbocycles. The number of nitrogens with one attached hydrogen (secondary N) is 2. The van der Waals surface area contributed by atoms with Crippen molar-refractivity contribution >= 4 is 17.8 Å². The highest BCUT2D eigenvalue weighted by atomic mass is 16.6. The van der Waals surface area contributed by atoms with Gasteiger partial charge in [-0.1, -0.05) is 91.0 Å². The maximum atomic E-state index is 13.3. The molecular weight excluding hydrogens is 444 g/mol. The third-order valence-electron chi connectivity index (χ3n) is 5.70. The number of amides is 2. The van der Waals surface area contributed by atoms with E-state index in [0.29, 0.717) is 13.0 Å². The van der Waals surface area contributed by atoms with Crippen molar-refractivity contribution in [1.29, 1.82) is 0 Å². The lowest BCUT2D eigenvalue weighted by Gasteiger charge is -2.23. The van der Waals surface area contributed by atoms with Crippen LogP contribution < -0.4 is 10.6 Å². The summed E-state index contributed by atoms with van der Waals surface area (Å²) < 4.78 is 10.5. The number of ether oxygens (including phenoxy) is 2. The van der Waals surface area contributed by atoms with Crippen molar-refractivity contribution in [2.75, 3.05) is 6.61 Å². The number of benzene rings is 3. The van der Waals surface area contributed by atoms with Gasteiger partial charge in [-0.25, -0.2) is 4.79 Å². The molecule has 2 N–H and O–H groups in total. The molecule has 1 aliphatic heterocycles. The molecule has 1 unspecified atom stereocenters. The summed E-state index contributed by atoms with van der Waals surface area (Å²) in [6.07, 6.45) is -0.622. The number of hydrogen-bond acceptors (Lipinski definition) is 5. The largest absolute Gasteiger partial charge is 0.445 e. The van der Waals surface area contributed by atoms with Crippen molar-refractivity contribution in [3.8, 4) is 0 Å². The number of ketones is 1. The van der Waals surface area contributed by atoms with Crippen molar-refractivity contribution in [1.82, 2.24) is 10.6 Å². The first-order chi connectivity index (χ1) is 17.1. The lowest BCUT2D eigenvalue weighted by molar-refractivity contribution is -0.129. The molecular formula is C28H28N2O5. The number of epoxide rings is 1. The van der Waals surface area contributed by atoms with Gasteiger partial charge in [0.15, 0.2) is 5.78 Å². The summed E-state index contributed by atoms with van der Waals surface area (Å²) in [5.74, 6) is -0.632. The first-order valence-electron chi connectivity index (χ1n) is 11.6. The Morgan fingerprint density at radius 3 is 1.74 bits per heavy atom. The predicted molar refractivity (Wildman–Crippen MR) is 131 cm³/mol. The maximum Gasteiger partial charge on any atom is 0.408 e. The first-order valence-corrected chi connectivity index (χ1v) is 11.6. The SMILES string of the molecule is O=C(N[C@@H](Cc1ccccc1)C(=O)N[C@@H](Cc1ccccc1)C(=O)C1CO1)OCc1ccccc1. The van der Waals surface area contributed by atoms with Crippen LogP contribution in [0.25, 0.3) is 0 Å². The monoisotopic (exact) mass is 472 g/mol. The minimum Gasteiger partial charge on any atom is -0.445 e. The smallest absolute Gasteiger partial charge is 0.408 e. The Kier molecular flexibility index (Phi) is 8.25. The molecule has 0 spiro atoms. The van der Waals surface area contributed by atoms with Gasteiger partial charge < -0.3 is 20.1 Å². The molecule has 0 aromatic heterocycles. The van der Waals surface area contributed by atoms with Crippen LogP contribution in [0.15, 0.2) is 91.0 Å². The maximum absolute atomic E-state index is 13.3. The highest BCUT2D eigenvalue weighted by Crippen LogP contribution is 2.16. The molecule has 3 aromatic carbocycles. The summed E-state index contributed by atoms with van der Waals surface area (Å²) in [4.78, 5) is 38.7. The average molecular weight is 473 g/mol. The topological polar surface area (TPSA) is 97.0 Å². The number of carbonyl (C=O) groups excluding carboxylic acids is 3. The molecule has 1 aliphatic rings. The van der Waals surface area contributed by atoms with Crippen LogP contribution in [0.5, 0.6) is 0 Å². The van der Waals surface area contributed by atoms with Gasteiger partial charge in [0.2, 0.25) is 5.91 Å². The van der Waals surface area contributed by atoms with Crippen LogP contribution in [0.2, 0.25) is 0 Å². The van der Waals surface area contributed by atoms with E-state index in [-0.39, 0.29) is 18.8 Å². The van der Waals surface area contributed by atoms with E-state index in [1.54, 1.807) is 0 Å². The van der Waals surface area contributed by atoms with Gasteiger partial charge in [0.05, 0.1) is 12.6 Å². The molecule has 3 atom stereocenters. The minimum absolute atomic E-state index is 0.0838. The van der Waals surface area contributed by atoms with Gasteiger partial charge in [-0.3, -0.25) is 9.59 Å². The van der Waals surface area contributed by atoms with Crippen LogP contribution in [0.1, 0.15) is 16.7 Å². The standard InChI is InChI=1S/C28H28N2O5/c31-26(25-19-34-25)23(16-20-10-4-1-5-11-20)29-27(32)24(17-21-12-6-2-7-13-21)30-28(33)35-18-22-14-8-3-9-15-22/h1-15,23-25H,16-19H2,(H,29,32)(H,30,33)/t23-,24-,25?/m0/s1. The van der Waals surface area contributed by atoms with E-state index >= 15 is 0 Å². The Morgan fingerprint density at radius 2 is 1.23 bits per heavy atom. The summed E-state index contributed by atoms with van der Waals surface area (Å²) in [7, 11) is 0. The summed E-state index contributed by atoms with van der Waals surface area (Å²) in [5.41, 5.74) is 2.62. The van der Waals surface area contributed by atoms with E-state index in [1.165, 1.54) is 0 Å². The number of carbonyl (C=O) groups is 3. The average Bonchev–Trinajstić information content (AvgIpc) is 3.74. The lowest BCUT2D eigenvalue weighted by Crippen LogP contribution is -2.53. The molecule has 2 amide bonds. The van der Waals surface area contributed by atoms with E-state index in [2.05, 4.69) is 10.6 Å². The molecule has 0 aliphatic carbocycles. The number of Topliss-reactive ketones (excluding diaryl/α,β-unsaturated/α-hetero) is 1. The molecule has 35 heavy (non-hydrogen) atoms. The van der Waals surface area contributed by atoms with Gasteiger partial charge in [-0.15, -0.1) is 0 Å². The highest BCUT2D eigenvalue weighted by Gasteiger charge is 2.38. The summed E-state index contributed by atoms with van der Waals surface area (Å²) in [6.45, 7) is 0.442. The molecule has 3 aromatic rings. The molecule has 0 radical (unpaired) electrons. The fourth-order valence-corrected chi connectivity index (χ4v) is 3.75. The van der Waals surface area contributed by atoms with Crippen molar-refractivity contribution in [3.05, 3.63) is 108 Å². The Morgan fingerprint density at radius 1 is 0.743 bits per heavy atom. The van der Waals surface area contributed by atoms with E-state index < -0.39 is 30.2 Å². The Bertz CT molecular complexity index is 1120. The zero-order valence-corrected chi connectivity index (χ0v) is 19.3. The quantitative estimate of drug-likeness (QED) is 0.418. The van der Waals surface area contributed by atoms with Gasteiger partial charge in [-0.2, -0.15) is 0 Å². The lowest BCUT2D eigenvalue weighted by atomic mass is 9.99. The minimum atomic E-state index is -0.924. The van der Waals surface area contributed by atoms with Gasteiger partial charge in [0.25, 0.3) is 0 Å². The first kappa shape index (κ1) is 24.2. The second kappa shape index (κ2) is 11.9. The molecule has 7 nitrogen and oxygen atoms in total. The summed E-state index contributed by atoms with van der Waals surface area (Å²) >= 11 is 0. The molecule has 7 heteroatoms. The third kappa shape index (κ3) is 7.52. The zero-order chi connectivity index (χ0) is 24.5. The molecule has 1 fully saturated rings. The Hall–Kier alpha value is -3.97. The fourth-order valence-electron chi connectivity index (χ4n) is 3.75. The summed E-state index contributed by atoms with van der Waals surface area (Å²) in [5, 5.41) is 5.52. The molecule has 4 rings (SSSR count). The molecule has 1 heterocycles. The van der Waals surface area contributed by atoms with Gasteiger partial charge in [-0.05, 0) is 23.1 Å². The predicted octanol–water partition coefficient (Wildman–Crippen LogP) is 3.22. The Balaban J connectivity index is 1.45. The van der Waals surface area contributed by atoms with Gasteiger partial charge in [0, 0.05) is 6.42 Å². The van der Waals surface area contributed by atoms with Crippen LogP contribution in [-0.2, 0) is 38.5 Å².